The Morgan fingerprint density at radius 2 is 2.24 bits per heavy atom. The van der Waals surface area contributed by atoms with E-state index in [1.165, 1.54) is 0 Å². The largest absolute Gasteiger partial charge is 0.377 e. The molecule has 0 radical (unpaired) electrons. The first-order chi connectivity index (χ1) is 10.2. The lowest BCUT2D eigenvalue weighted by Gasteiger charge is -2.32. The first-order valence-corrected chi connectivity index (χ1v) is 8.21. The lowest BCUT2D eigenvalue weighted by Crippen LogP contribution is -2.43. The second-order valence-corrected chi connectivity index (χ2v) is 6.30. The lowest BCUT2D eigenvalue weighted by molar-refractivity contribution is 0.0989. The third-order valence-corrected chi connectivity index (χ3v) is 4.74. The fourth-order valence-corrected chi connectivity index (χ4v) is 3.54. The van der Waals surface area contributed by atoms with E-state index in [1.807, 2.05) is 18.2 Å². The molecule has 21 heavy (non-hydrogen) atoms. The van der Waals surface area contributed by atoms with Crippen LogP contribution < -0.4 is 10.6 Å². The van der Waals surface area contributed by atoms with Crippen molar-refractivity contribution < 1.29 is 4.74 Å². The predicted octanol–water partition coefficient (Wildman–Crippen LogP) is 2.61. The van der Waals surface area contributed by atoms with Gasteiger partial charge in [-0.2, -0.15) is 0 Å². The van der Waals surface area contributed by atoms with E-state index in [4.69, 9.17) is 15.5 Å². The topological polar surface area (TPSA) is 51.4 Å². The summed E-state index contributed by atoms with van der Waals surface area (Å²) < 4.78 is 5.48. The molecule has 3 rings (SSSR count). The molecule has 112 valence electrons. The predicted molar refractivity (Wildman–Crippen MR) is 86.8 cm³/mol. The highest BCUT2D eigenvalue weighted by molar-refractivity contribution is 7.13. The summed E-state index contributed by atoms with van der Waals surface area (Å²) >= 11 is 1.70. The van der Waals surface area contributed by atoms with E-state index in [1.54, 1.807) is 11.3 Å². The van der Waals surface area contributed by atoms with Crippen molar-refractivity contribution in [2.45, 2.75) is 25.4 Å². The molecule has 1 aliphatic rings. The second-order valence-electron chi connectivity index (χ2n) is 5.46. The van der Waals surface area contributed by atoms with Crippen molar-refractivity contribution in [3.8, 4) is 0 Å². The zero-order valence-corrected chi connectivity index (χ0v) is 13.1. The highest BCUT2D eigenvalue weighted by Gasteiger charge is 2.22. The van der Waals surface area contributed by atoms with Gasteiger partial charge in [0, 0.05) is 24.4 Å². The third kappa shape index (κ3) is 3.43. The minimum atomic E-state index is 0.00302. The minimum absolute atomic E-state index is 0.00302. The maximum atomic E-state index is 6.27. The van der Waals surface area contributed by atoms with E-state index in [2.05, 4.69) is 29.3 Å². The molecular formula is C16H21N3OS. The number of nitrogens with two attached hydrogens (primary N) is 1. The van der Waals surface area contributed by atoms with Gasteiger partial charge in [-0.05, 0) is 12.5 Å². The summed E-state index contributed by atoms with van der Waals surface area (Å²) in [4.78, 5) is 7.08. The summed E-state index contributed by atoms with van der Waals surface area (Å²) in [7, 11) is 0. The molecule has 0 aliphatic carbocycles. The van der Waals surface area contributed by atoms with Crippen molar-refractivity contribution >= 4 is 16.5 Å². The minimum Gasteiger partial charge on any atom is -0.377 e. The number of rotatable bonds is 4. The first kappa shape index (κ1) is 14.5. The Hall–Kier alpha value is -1.43. The average Bonchev–Trinajstić information content (AvgIpc) is 2.97. The van der Waals surface area contributed by atoms with Crippen molar-refractivity contribution in [3.05, 3.63) is 47.0 Å². The van der Waals surface area contributed by atoms with Gasteiger partial charge in [0.25, 0.3) is 0 Å². The smallest absolute Gasteiger partial charge is 0.185 e. The molecule has 0 saturated carbocycles. The molecule has 0 spiro atoms. The van der Waals surface area contributed by atoms with Crippen molar-refractivity contribution in [2.75, 3.05) is 24.7 Å². The quantitative estimate of drug-likeness (QED) is 0.943. The highest BCUT2D eigenvalue weighted by atomic mass is 32.1. The molecule has 1 aliphatic heterocycles. The molecule has 2 atom stereocenters. The Kier molecular flexibility index (Phi) is 4.53. The van der Waals surface area contributed by atoms with Crippen LogP contribution in [0.3, 0.4) is 0 Å². The van der Waals surface area contributed by atoms with Gasteiger partial charge in [0.15, 0.2) is 5.13 Å². The summed E-state index contributed by atoms with van der Waals surface area (Å²) in [6, 6.07) is 10.6. The number of hydrogen-bond acceptors (Lipinski definition) is 5. The van der Waals surface area contributed by atoms with Crippen LogP contribution in [-0.4, -0.2) is 30.8 Å². The van der Waals surface area contributed by atoms with Gasteiger partial charge < -0.3 is 15.4 Å². The molecular weight excluding hydrogens is 282 g/mol. The number of morpholine rings is 1. The Labute approximate surface area is 129 Å². The standard InChI is InChI=1S/C16H21N3OS/c1-12-10-20-8-7-19(12)16-18-14(11-21-16)9-15(17)13-5-3-2-4-6-13/h2-6,11-12,15H,7-10,17H2,1H3. The number of thiazole rings is 1. The molecule has 0 bridgehead atoms. The first-order valence-electron chi connectivity index (χ1n) is 7.33. The van der Waals surface area contributed by atoms with Crippen LogP contribution in [0, 0.1) is 0 Å². The fourth-order valence-electron chi connectivity index (χ4n) is 2.58. The van der Waals surface area contributed by atoms with Gasteiger partial charge in [0.05, 0.1) is 24.9 Å². The molecule has 2 unspecified atom stereocenters. The van der Waals surface area contributed by atoms with Gasteiger partial charge in [0.2, 0.25) is 0 Å². The normalized spacial score (nSPS) is 20.5. The van der Waals surface area contributed by atoms with E-state index < -0.39 is 0 Å². The van der Waals surface area contributed by atoms with Crippen LogP contribution in [0.15, 0.2) is 35.7 Å². The molecule has 2 heterocycles. The third-order valence-electron chi connectivity index (χ3n) is 3.81. The van der Waals surface area contributed by atoms with Gasteiger partial charge in [-0.15, -0.1) is 11.3 Å². The molecule has 1 fully saturated rings. The van der Waals surface area contributed by atoms with E-state index in [0.29, 0.717) is 6.04 Å². The molecule has 2 aromatic rings. The average molecular weight is 303 g/mol. The molecule has 4 nitrogen and oxygen atoms in total. The van der Waals surface area contributed by atoms with Crippen molar-refractivity contribution in [1.29, 1.82) is 0 Å². The van der Waals surface area contributed by atoms with Crippen LogP contribution in [0.2, 0.25) is 0 Å². The Balaban J connectivity index is 1.67. The Morgan fingerprint density at radius 1 is 1.43 bits per heavy atom. The van der Waals surface area contributed by atoms with Crippen LogP contribution in [0.4, 0.5) is 5.13 Å². The summed E-state index contributed by atoms with van der Waals surface area (Å²) in [5.74, 6) is 0. The fraction of sp³-hybridized carbons (Fsp3) is 0.438. The van der Waals surface area contributed by atoms with E-state index >= 15 is 0 Å². The molecule has 0 amide bonds. The molecule has 1 aromatic carbocycles. The van der Waals surface area contributed by atoms with Crippen molar-refractivity contribution in [1.82, 2.24) is 4.98 Å². The van der Waals surface area contributed by atoms with Gasteiger partial charge in [0.1, 0.15) is 0 Å². The number of ether oxygens (including phenoxy) is 1. The number of benzene rings is 1. The highest BCUT2D eigenvalue weighted by Crippen LogP contribution is 2.26. The van der Waals surface area contributed by atoms with Crippen LogP contribution in [0.25, 0.3) is 0 Å². The summed E-state index contributed by atoms with van der Waals surface area (Å²) in [5, 5.41) is 3.21. The van der Waals surface area contributed by atoms with Crippen LogP contribution in [0.1, 0.15) is 24.2 Å². The van der Waals surface area contributed by atoms with Crippen LogP contribution >= 0.6 is 11.3 Å². The summed E-state index contributed by atoms with van der Waals surface area (Å²) in [5.41, 5.74) is 8.51. The summed E-state index contributed by atoms with van der Waals surface area (Å²) in [6.45, 7) is 4.65. The molecule has 5 heteroatoms. The monoisotopic (exact) mass is 303 g/mol. The zero-order valence-electron chi connectivity index (χ0n) is 12.2. The Morgan fingerprint density at radius 3 is 3.00 bits per heavy atom. The maximum absolute atomic E-state index is 6.27. The number of hydrogen-bond donors (Lipinski definition) is 1. The van der Waals surface area contributed by atoms with E-state index in [-0.39, 0.29) is 6.04 Å². The number of anilines is 1. The summed E-state index contributed by atoms with van der Waals surface area (Å²) in [6.07, 6.45) is 0.777. The lowest BCUT2D eigenvalue weighted by atomic mass is 10.0. The Bertz CT molecular complexity index is 572. The molecule has 1 aromatic heterocycles. The zero-order chi connectivity index (χ0) is 14.7. The SMILES string of the molecule is CC1COCCN1c1nc(CC(N)c2ccccc2)cs1. The van der Waals surface area contributed by atoms with Gasteiger partial charge >= 0.3 is 0 Å². The van der Waals surface area contributed by atoms with E-state index in [9.17, 15) is 0 Å². The number of nitrogens with zero attached hydrogens (tertiary/aromatic N) is 2. The maximum Gasteiger partial charge on any atom is 0.185 e. The van der Waals surface area contributed by atoms with Gasteiger partial charge in [-0.25, -0.2) is 4.98 Å². The van der Waals surface area contributed by atoms with Gasteiger partial charge in [-0.1, -0.05) is 30.3 Å². The number of aromatic nitrogens is 1. The van der Waals surface area contributed by atoms with Crippen molar-refractivity contribution in [3.63, 3.8) is 0 Å². The molecule has 2 N–H and O–H groups in total. The van der Waals surface area contributed by atoms with Crippen LogP contribution in [-0.2, 0) is 11.2 Å². The van der Waals surface area contributed by atoms with E-state index in [0.717, 1.165) is 42.6 Å². The molecule has 1 saturated heterocycles. The second kappa shape index (κ2) is 6.56. The van der Waals surface area contributed by atoms with Crippen LogP contribution in [0.5, 0.6) is 0 Å². The van der Waals surface area contributed by atoms with Crippen molar-refractivity contribution in [2.24, 2.45) is 5.73 Å². The van der Waals surface area contributed by atoms with Gasteiger partial charge in [-0.3, -0.25) is 0 Å².